The van der Waals surface area contributed by atoms with Gasteiger partial charge in [0, 0.05) is 25.2 Å². The largest absolute Gasteiger partial charge is 0.323 e. The summed E-state index contributed by atoms with van der Waals surface area (Å²) in [7, 11) is 0. The third-order valence-corrected chi connectivity index (χ3v) is 5.93. The molecule has 168 valence electrons. The van der Waals surface area contributed by atoms with Gasteiger partial charge >= 0.3 is 0 Å². The molecule has 2 fully saturated rings. The number of pyridine rings is 1. The number of hydrogen-bond acceptors (Lipinski definition) is 5. The summed E-state index contributed by atoms with van der Waals surface area (Å²) in [5.41, 5.74) is 2.23. The summed E-state index contributed by atoms with van der Waals surface area (Å²) in [4.78, 5) is 45.7. The fourth-order valence-electron chi connectivity index (χ4n) is 4.36. The molecule has 2 N–H and O–H groups in total. The first kappa shape index (κ1) is 22.0. The molecule has 0 bridgehead atoms. The van der Waals surface area contributed by atoms with Crippen molar-refractivity contribution in [3.8, 4) is 0 Å². The molecule has 0 unspecified atom stereocenters. The number of likely N-dealkylation sites (tertiary alicyclic amines) is 1. The van der Waals surface area contributed by atoms with Gasteiger partial charge in [0.15, 0.2) is 0 Å². The number of piperidine rings is 1. The summed E-state index contributed by atoms with van der Waals surface area (Å²) in [5.74, 6) is 0.239. The van der Waals surface area contributed by atoms with E-state index in [1.54, 1.807) is 11.0 Å². The maximum absolute atomic E-state index is 12.8. The van der Waals surface area contributed by atoms with Crippen molar-refractivity contribution >= 4 is 34.9 Å². The first-order valence-corrected chi connectivity index (χ1v) is 11.2. The Morgan fingerprint density at radius 1 is 1.06 bits per heavy atom. The van der Waals surface area contributed by atoms with Crippen molar-refractivity contribution in [3.05, 3.63) is 48.2 Å². The van der Waals surface area contributed by atoms with Crippen LogP contribution in [0.4, 0.5) is 17.2 Å². The molecular formula is C24H29N5O3. The highest BCUT2D eigenvalue weighted by atomic mass is 16.2. The monoisotopic (exact) mass is 435 g/mol. The fraction of sp³-hybridized carbons (Fsp3) is 0.417. The molecule has 0 radical (unpaired) electrons. The molecule has 2 aliphatic rings. The number of carbonyl (C=O) groups excluding carboxylic acids is 3. The molecule has 2 aliphatic heterocycles. The second kappa shape index (κ2) is 9.91. The van der Waals surface area contributed by atoms with Crippen LogP contribution in [0, 0.1) is 12.8 Å². The quantitative estimate of drug-likeness (QED) is 0.728. The summed E-state index contributed by atoms with van der Waals surface area (Å²) in [6.45, 7) is 4.05. The molecular weight excluding hydrogens is 406 g/mol. The highest BCUT2D eigenvalue weighted by Gasteiger charge is 2.28. The van der Waals surface area contributed by atoms with Gasteiger partial charge in [0.25, 0.3) is 0 Å². The molecule has 32 heavy (non-hydrogen) atoms. The molecule has 8 heteroatoms. The summed E-state index contributed by atoms with van der Waals surface area (Å²) in [6, 6.07) is 12.9. The van der Waals surface area contributed by atoms with Crippen LogP contribution in [-0.2, 0) is 14.4 Å². The van der Waals surface area contributed by atoms with Crippen molar-refractivity contribution in [2.45, 2.75) is 32.6 Å². The van der Waals surface area contributed by atoms with E-state index in [-0.39, 0.29) is 30.2 Å². The van der Waals surface area contributed by atoms with Crippen molar-refractivity contribution in [2.75, 3.05) is 41.7 Å². The summed E-state index contributed by atoms with van der Waals surface area (Å²) in [6.07, 6.45) is 3.01. The minimum Gasteiger partial charge on any atom is -0.323 e. The van der Waals surface area contributed by atoms with Crippen LogP contribution in [0.15, 0.2) is 42.5 Å². The topological polar surface area (TPSA) is 94.6 Å². The zero-order valence-corrected chi connectivity index (χ0v) is 18.3. The number of hydrogen-bond donors (Lipinski definition) is 2. The van der Waals surface area contributed by atoms with Crippen molar-refractivity contribution in [1.29, 1.82) is 0 Å². The van der Waals surface area contributed by atoms with Crippen LogP contribution >= 0.6 is 0 Å². The molecule has 2 saturated heterocycles. The molecule has 2 aromatic rings. The lowest BCUT2D eigenvalue weighted by atomic mass is 9.97. The highest BCUT2D eigenvalue weighted by molar-refractivity contribution is 6.02. The van der Waals surface area contributed by atoms with Crippen molar-refractivity contribution in [3.63, 3.8) is 0 Å². The van der Waals surface area contributed by atoms with E-state index in [0.717, 1.165) is 37.2 Å². The number of aromatic nitrogens is 1. The van der Waals surface area contributed by atoms with Gasteiger partial charge in [-0.05, 0) is 57.0 Å². The van der Waals surface area contributed by atoms with Crippen LogP contribution in [0.25, 0.3) is 0 Å². The molecule has 0 saturated carbocycles. The minimum absolute atomic E-state index is 0.0638. The van der Waals surface area contributed by atoms with E-state index < -0.39 is 0 Å². The third-order valence-electron chi connectivity index (χ3n) is 5.93. The smallest absolute Gasteiger partial charge is 0.238 e. The van der Waals surface area contributed by atoms with Crippen molar-refractivity contribution in [1.82, 2.24) is 9.88 Å². The highest BCUT2D eigenvalue weighted by Crippen LogP contribution is 2.29. The van der Waals surface area contributed by atoms with Gasteiger partial charge in [0.05, 0.1) is 23.8 Å². The lowest BCUT2D eigenvalue weighted by molar-refractivity contribution is -0.123. The maximum Gasteiger partial charge on any atom is 0.238 e. The van der Waals surface area contributed by atoms with Gasteiger partial charge in [0.1, 0.15) is 5.82 Å². The second-order valence-corrected chi connectivity index (χ2v) is 8.44. The first-order valence-electron chi connectivity index (χ1n) is 11.2. The predicted molar refractivity (Wildman–Crippen MR) is 123 cm³/mol. The Morgan fingerprint density at radius 3 is 2.69 bits per heavy atom. The molecule has 0 aliphatic carbocycles. The Hall–Kier alpha value is -3.26. The molecule has 0 spiro atoms. The number of amides is 3. The molecule has 3 heterocycles. The number of aryl methyl sites for hydroxylation is 1. The molecule has 3 amide bonds. The number of nitrogens with one attached hydrogen (secondary N) is 2. The SMILES string of the molecule is Cc1cccc(NC(=O)[C@H]2CCCN(CC(=O)Nc3ccccc3N3CCCC3=O)C2)n1. The Morgan fingerprint density at radius 2 is 1.91 bits per heavy atom. The number of para-hydroxylation sites is 2. The molecule has 4 rings (SSSR count). The van der Waals surface area contributed by atoms with Crippen LogP contribution in [0.1, 0.15) is 31.4 Å². The Balaban J connectivity index is 1.34. The zero-order valence-electron chi connectivity index (χ0n) is 18.3. The summed E-state index contributed by atoms with van der Waals surface area (Å²) < 4.78 is 0. The van der Waals surface area contributed by atoms with Crippen LogP contribution in [0.5, 0.6) is 0 Å². The number of benzene rings is 1. The average Bonchev–Trinajstić information content (AvgIpc) is 3.20. The van der Waals surface area contributed by atoms with Gasteiger partial charge in [-0.2, -0.15) is 0 Å². The Bertz CT molecular complexity index is 1010. The Labute approximate surface area is 188 Å². The Kier molecular flexibility index (Phi) is 6.80. The van der Waals surface area contributed by atoms with Gasteiger partial charge in [-0.1, -0.05) is 18.2 Å². The first-order chi connectivity index (χ1) is 15.5. The maximum atomic E-state index is 12.8. The van der Waals surface area contributed by atoms with E-state index in [2.05, 4.69) is 15.6 Å². The van der Waals surface area contributed by atoms with E-state index in [1.165, 1.54) is 0 Å². The van der Waals surface area contributed by atoms with Crippen LogP contribution < -0.4 is 15.5 Å². The standard InChI is InChI=1S/C24H29N5O3/c1-17-7-4-11-21(25-17)27-24(32)18-8-5-13-28(15-18)16-22(30)26-19-9-2-3-10-20(19)29-14-6-12-23(29)31/h2-4,7,9-11,18H,5-6,8,12-16H2,1H3,(H,26,30)(H,25,27,32)/t18-/m0/s1. The van der Waals surface area contributed by atoms with E-state index >= 15 is 0 Å². The van der Waals surface area contributed by atoms with Gasteiger partial charge < -0.3 is 15.5 Å². The van der Waals surface area contributed by atoms with Gasteiger partial charge in [-0.25, -0.2) is 4.98 Å². The lowest BCUT2D eigenvalue weighted by Gasteiger charge is -2.31. The fourth-order valence-corrected chi connectivity index (χ4v) is 4.36. The predicted octanol–water partition coefficient (Wildman–Crippen LogP) is 2.81. The van der Waals surface area contributed by atoms with Crippen molar-refractivity contribution < 1.29 is 14.4 Å². The third kappa shape index (κ3) is 5.31. The number of rotatable bonds is 6. The zero-order chi connectivity index (χ0) is 22.5. The molecule has 1 aromatic carbocycles. The second-order valence-electron chi connectivity index (χ2n) is 8.44. The number of carbonyl (C=O) groups is 3. The number of anilines is 3. The van der Waals surface area contributed by atoms with E-state index in [0.29, 0.717) is 31.0 Å². The minimum atomic E-state index is -0.187. The summed E-state index contributed by atoms with van der Waals surface area (Å²) in [5, 5.41) is 5.85. The van der Waals surface area contributed by atoms with Gasteiger partial charge in [-0.15, -0.1) is 0 Å². The average molecular weight is 436 g/mol. The number of nitrogens with zero attached hydrogens (tertiary/aromatic N) is 3. The summed E-state index contributed by atoms with van der Waals surface area (Å²) >= 11 is 0. The van der Waals surface area contributed by atoms with Crippen LogP contribution in [0.3, 0.4) is 0 Å². The van der Waals surface area contributed by atoms with Gasteiger partial charge in [0.2, 0.25) is 17.7 Å². The molecule has 1 aromatic heterocycles. The van der Waals surface area contributed by atoms with E-state index in [1.807, 2.05) is 48.2 Å². The van der Waals surface area contributed by atoms with E-state index in [9.17, 15) is 14.4 Å². The van der Waals surface area contributed by atoms with Crippen LogP contribution in [-0.4, -0.2) is 53.8 Å². The normalized spacial score (nSPS) is 19.1. The van der Waals surface area contributed by atoms with Crippen LogP contribution in [0.2, 0.25) is 0 Å². The van der Waals surface area contributed by atoms with Gasteiger partial charge in [-0.3, -0.25) is 19.3 Å². The van der Waals surface area contributed by atoms with Crippen molar-refractivity contribution in [2.24, 2.45) is 5.92 Å². The lowest BCUT2D eigenvalue weighted by Crippen LogP contribution is -2.44. The molecule has 1 atom stereocenters. The van der Waals surface area contributed by atoms with E-state index in [4.69, 9.17) is 0 Å². The molecule has 8 nitrogen and oxygen atoms in total.